The van der Waals surface area contributed by atoms with Gasteiger partial charge in [0, 0.05) is 50.0 Å². The summed E-state index contributed by atoms with van der Waals surface area (Å²) in [4.78, 5) is 11.3. The highest BCUT2D eigenvalue weighted by Gasteiger charge is 2.48. The van der Waals surface area contributed by atoms with Gasteiger partial charge in [0.05, 0.1) is 16.8 Å². The van der Waals surface area contributed by atoms with Crippen LogP contribution in [0.5, 0.6) is 5.88 Å². The van der Waals surface area contributed by atoms with Crippen LogP contribution in [0.4, 0.5) is 19.0 Å². The van der Waals surface area contributed by atoms with Crippen LogP contribution in [0, 0.1) is 10.8 Å². The van der Waals surface area contributed by atoms with Crippen molar-refractivity contribution in [1.29, 1.82) is 0 Å². The van der Waals surface area contributed by atoms with Crippen molar-refractivity contribution in [3.8, 4) is 5.88 Å². The molecule has 0 unspecified atom stereocenters. The fourth-order valence-electron chi connectivity index (χ4n) is 5.01. The molecule has 9 nitrogen and oxygen atoms in total. The molecule has 13 heteroatoms. The Morgan fingerprint density at radius 2 is 1.74 bits per heavy atom. The molecule has 50 heavy (non-hydrogen) atoms. The molecule has 3 aromatic rings. The van der Waals surface area contributed by atoms with Gasteiger partial charge in [-0.05, 0) is 82.5 Å². The smallest absolute Gasteiger partial charge is 0.397 e. The number of alkyl halides is 3. The van der Waals surface area contributed by atoms with Crippen LogP contribution >= 0.6 is 11.9 Å². The van der Waals surface area contributed by atoms with Gasteiger partial charge in [0.1, 0.15) is 17.5 Å². The van der Waals surface area contributed by atoms with Gasteiger partial charge < -0.3 is 19.8 Å². The van der Waals surface area contributed by atoms with Crippen LogP contribution in [0.2, 0.25) is 0 Å². The summed E-state index contributed by atoms with van der Waals surface area (Å²) in [5.74, 6) is 0.946. The number of unbranched alkanes of at least 4 members (excludes halogenated alkanes) is 3. The lowest BCUT2D eigenvalue weighted by molar-refractivity contribution is -0.219. The number of nitrogens with zero attached hydrogens (tertiary/aromatic N) is 5. The normalized spacial score (nSPS) is 12.7. The first-order valence-electron chi connectivity index (χ1n) is 16.6. The van der Waals surface area contributed by atoms with E-state index < -0.39 is 18.2 Å². The van der Waals surface area contributed by atoms with Crippen molar-refractivity contribution in [2.24, 2.45) is 21.0 Å². The number of aliphatic hydroxyl groups excluding tert-OH is 2. The van der Waals surface area contributed by atoms with E-state index in [1.54, 1.807) is 16.9 Å². The number of ether oxygens (including phenoxy) is 1. The standard InChI is InChI=1S/C36H49F3N6O2S.CH4O/c1-7-15-29(45-23-21-31(43-45)47-26-35(4,5)36(37,38)39)33(41-6)28-18-12-11-17-27(28)16-10-8-9-13-22-44(24-34(2,3)25-46)30-19-14-20-32(42-30)48-40;1-2/h7,11-12,14-15,17-21,23,46H,6,8-10,13,16,22,24-26,40H2,1-5H3;2H,1H3/b15-7-,33-29+;. The summed E-state index contributed by atoms with van der Waals surface area (Å²) in [5, 5.41) is 27.8. The molecule has 0 saturated carbocycles. The predicted molar refractivity (Wildman–Crippen MR) is 199 cm³/mol. The predicted octanol–water partition coefficient (Wildman–Crippen LogP) is 8.05. The molecule has 0 atom stereocenters. The summed E-state index contributed by atoms with van der Waals surface area (Å²) in [6.45, 7) is 13.0. The van der Waals surface area contributed by atoms with E-state index >= 15 is 0 Å². The zero-order valence-electron chi connectivity index (χ0n) is 30.1. The van der Waals surface area contributed by atoms with E-state index in [4.69, 9.17) is 15.0 Å². The van der Waals surface area contributed by atoms with Gasteiger partial charge in [0.2, 0.25) is 5.88 Å². The third kappa shape index (κ3) is 12.6. The zero-order chi connectivity index (χ0) is 37.4. The van der Waals surface area contributed by atoms with Crippen LogP contribution in [0.3, 0.4) is 0 Å². The van der Waals surface area contributed by atoms with Crippen molar-refractivity contribution in [1.82, 2.24) is 14.8 Å². The molecule has 2 aromatic heterocycles. The fourth-order valence-corrected chi connectivity index (χ4v) is 5.31. The van der Waals surface area contributed by atoms with E-state index in [2.05, 4.69) is 32.8 Å². The van der Waals surface area contributed by atoms with Crippen LogP contribution in [-0.2, 0) is 6.42 Å². The molecule has 2 heterocycles. The highest BCUT2D eigenvalue weighted by Crippen LogP contribution is 2.38. The van der Waals surface area contributed by atoms with Crippen molar-refractivity contribution in [2.75, 3.05) is 38.3 Å². The lowest BCUT2D eigenvalue weighted by Crippen LogP contribution is -2.37. The molecule has 0 saturated heterocycles. The molecule has 3 rings (SSSR count). The fraction of sp³-hybridized carbons (Fsp3) is 0.486. The van der Waals surface area contributed by atoms with Gasteiger partial charge in [0.25, 0.3) is 0 Å². The SMILES string of the molecule is C=N/C(=C(\C=C/C)n1ccc(OCC(C)(C)C(F)(F)F)n1)c1ccccc1CCCCCCN(CC(C)(C)CO)c1cccc(SN)n1.CO. The van der Waals surface area contributed by atoms with Crippen LogP contribution in [-0.4, -0.2) is 71.3 Å². The summed E-state index contributed by atoms with van der Waals surface area (Å²) in [7, 11) is 1.00. The Morgan fingerprint density at radius 3 is 2.38 bits per heavy atom. The Morgan fingerprint density at radius 1 is 1.04 bits per heavy atom. The van der Waals surface area contributed by atoms with Crippen LogP contribution in [0.1, 0.15) is 71.4 Å². The maximum atomic E-state index is 13.3. The van der Waals surface area contributed by atoms with E-state index in [-0.39, 0.29) is 17.9 Å². The third-order valence-corrected chi connectivity index (χ3v) is 8.45. The quantitative estimate of drug-likeness (QED) is 0.0493. The number of benzene rings is 1. The van der Waals surface area contributed by atoms with Gasteiger partial charge in [-0.3, -0.25) is 10.1 Å². The van der Waals surface area contributed by atoms with E-state index in [0.717, 1.165) is 93.5 Å². The summed E-state index contributed by atoms with van der Waals surface area (Å²) in [5.41, 5.74) is 0.974. The Bertz CT molecular complexity index is 1540. The molecule has 0 spiro atoms. The number of halogens is 3. The molecule has 0 aliphatic rings. The average Bonchev–Trinajstić information content (AvgIpc) is 3.58. The third-order valence-electron chi connectivity index (χ3n) is 7.98. The van der Waals surface area contributed by atoms with Crippen molar-refractivity contribution in [2.45, 2.75) is 77.9 Å². The first-order chi connectivity index (χ1) is 23.7. The lowest BCUT2D eigenvalue weighted by atomic mass is 9.94. The molecular weight excluding hydrogens is 666 g/mol. The second kappa shape index (κ2) is 20.3. The number of pyridine rings is 1. The Balaban J connectivity index is 0.00000425. The van der Waals surface area contributed by atoms with E-state index in [9.17, 15) is 18.3 Å². The maximum Gasteiger partial charge on any atom is 0.397 e. The molecule has 1 aromatic carbocycles. The number of allylic oxidation sites excluding steroid dienone is 3. The number of hydrogen-bond acceptors (Lipinski definition) is 9. The van der Waals surface area contributed by atoms with Crippen LogP contribution in [0.25, 0.3) is 11.4 Å². The van der Waals surface area contributed by atoms with E-state index in [0.29, 0.717) is 17.9 Å². The lowest BCUT2D eigenvalue weighted by Gasteiger charge is -2.32. The van der Waals surface area contributed by atoms with Gasteiger partial charge in [-0.25, -0.2) is 9.67 Å². The molecule has 0 bridgehead atoms. The molecule has 0 amide bonds. The molecule has 4 N–H and O–H groups in total. The van der Waals surface area contributed by atoms with Crippen molar-refractivity contribution >= 4 is 35.9 Å². The van der Waals surface area contributed by atoms with Crippen LogP contribution in [0.15, 0.2) is 76.9 Å². The molecule has 0 radical (unpaired) electrons. The average molecular weight is 719 g/mol. The molecule has 0 aliphatic carbocycles. The van der Waals surface area contributed by atoms with Crippen molar-refractivity contribution in [3.05, 3.63) is 78.0 Å². The number of aliphatic imine (C=N–C) groups is 1. The van der Waals surface area contributed by atoms with Gasteiger partial charge >= 0.3 is 6.18 Å². The number of aliphatic hydroxyl groups is 2. The molecule has 276 valence electrons. The minimum atomic E-state index is -4.40. The zero-order valence-corrected chi connectivity index (χ0v) is 30.9. The van der Waals surface area contributed by atoms with Gasteiger partial charge in [-0.15, -0.1) is 5.10 Å². The number of aromatic nitrogens is 3. The largest absolute Gasteiger partial charge is 0.476 e. The van der Waals surface area contributed by atoms with Crippen molar-refractivity contribution < 1.29 is 28.1 Å². The monoisotopic (exact) mass is 718 g/mol. The topological polar surface area (TPSA) is 122 Å². The minimum Gasteiger partial charge on any atom is -0.476 e. The first kappa shape index (κ1) is 42.5. The maximum absolute atomic E-state index is 13.3. The number of hydrogen-bond donors (Lipinski definition) is 3. The number of anilines is 1. The molecular formula is C37H53F3N6O3S. The first-order valence-corrected chi connectivity index (χ1v) is 17.4. The van der Waals surface area contributed by atoms with Gasteiger partial charge in [-0.1, -0.05) is 63.1 Å². The van der Waals surface area contributed by atoms with Gasteiger partial charge in [-0.2, -0.15) is 13.2 Å². The van der Waals surface area contributed by atoms with Crippen LogP contribution < -0.4 is 14.8 Å². The number of rotatable bonds is 19. The second-order valence-corrected chi connectivity index (χ2v) is 13.8. The van der Waals surface area contributed by atoms with E-state index in [1.165, 1.54) is 0 Å². The molecule has 0 aliphatic heterocycles. The highest BCUT2D eigenvalue weighted by molar-refractivity contribution is 7.97. The number of aryl methyl sites for hydroxylation is 1. The van der Waals surface area contributed by atoms with Gasteiger partial charge in [0.15, 0.2) is 0 Å². The highest BCUT2D eigenvalue weighted by atomic mass is 32.2. The second-order valence-electron chi connectivity index (χ2n) is 13.2. The minimum absolute atomic E-state index is 0.0790. The number of nitrogens with two attached hydrogens (primary N) is 1. The summed E-state index contributed by atoms with van der Waals surface area (Å²) >= 11 is 1.12. The summed E-state index contributed by atoms with van der Waals surface area (Å²) in [6, 6.07) is 15.4. The Kier molecular flexibility index (Phi) is 17.2. The Labute approximate surface area is 299 Å². The van der Waals surface area contributed by atoms with E-state index in [1.807, 2.05) is 69.3 Å². The Hall–Kier alpha value is -3.65. The van der Waals surface area contributed by atoms with Crippen molar-refractivity contribution in [3.63, 3.8) is 0 Å². The summed E-state index contributed by atoms with van der Waals surface area (Å²) in [6.07, 6.45) is 5.75. The molecule has 0 fully saturated rings. The summed E-state index contributed by atoms with van der Waals surface area (Å²) < 4.78 is 47.0.